The van der Waals surface area contributed by atoms with Crippen LogP contribution < -0.4 is 10.1 Å². The Balaban J connectivity index is 1.66. The number of hydrogen-bond donors (Lipinski definition) is 1. The molecular formula is C23H28ClNO2. The fourth-order valence-electron chi connectivity index (χ4n) is 3.63. The molecule has 144 valence electrons. The standard InChI is InChI=1S/C23H28ClNO2/c1-4-22(19-10-9-17-7-5-6-8-18(17)14-19)25-23(26)16(3)27-20-11-12-21(24)15(2)13-20/h9-14,16,22H,4-8H2,1-3H3,(H,25,26)/t16-,22+/m0/s1. The van der Waals surface area contributed by atoms with Gasteiger partial charge in [-0.15, -0.1) is 0 Å². The Morgan fingerprint density at radius 3 is 2.59 bits per heavy atom. The minimum absolute atomic E-state index is 0.00253. The number of amides is 1. The van der Waals surface area contributed by atoms with Crippen LogP contribution in [0.15, 0.2) is 36.4 Å². The second kappa shape index (κ2) is 8.79. The number of rotatable bonds is 6. The van der Waals surface area contributed by atoms with E-state index in [0.29, 0.717) is 10.8 Å². The van der Waals surface area contributed by atoms with E-state index in [0.717, 1.165) is 18.4 Å². The normalized spacial score (nSPS) is 15.6. The van der Waals surface area contributed by atoms with Crippen LogP contribution in [0.2, 0.25) is 5.02 Å². The highest BCUT2D eigenvalue weighted by atomic mass is 35.5. The lowest BCUT2D eigenvalue weighted by Crippen LogP contribution is -2.38. The van der Waals surface area contributed by atoms with Crippen LogP contribution in [0.5, 0.6) is 5.75 Å². The third-order valence-electron chi connectivity index (χ3n) is 5.31. The Bertz CT molecular complexity index is 818. The first-order chi connectivity index (χ1) is 13.0. The van der Waals surface area contributed by atoms with Gasteiger partial charge in [-0.25, -0.2) is 0 Å². The molecule has 0 fully saturated rings. The molecule has 0 saturated heterocycles. The van der Waals surface area contributed by atoms with Crippen LogP contribution in [0.1, 0.15) is 61.4 Å². The molecule has 1 amide bonds. The summed E-state index contributed by atoms with van der Waals surface area (Å²) >= 11 is 6.05. The van der Waals surface area contributed by atoms with E-state index in [9.17, 15) is 4.79 Å². The number of carbonyl (C=O) groups is 1. The second-order valence-electron chi connectivity index (χ2n) is 7.38. The molecule has 2 aromatic rings. The first-order valence-corrected chi connectivity index (χ1v) is 10.2. The summed E-state index contributed by atoms with van der Waals surface area (Å²) in [5.74, 6) is 0.550. The lowest BCUT2D eigenvalue weighted by molar-refractivity contribution is -0.128. The number of hydrogen-bond acceptors (Lipinski definition) is 2. The SMILES string of the molecule is CC[C@@H](NC(=O)[C@H](C)Oc1ccc(Cl)c(C)c1)c1ccc2c(c1)CCCC2. The van der Waals surface area contributed by atoms with Crippen molar-refractivity contribution in [2.24, 2.45) is 0 Å². The number of fused-ring (bicyclic) bond motifs is 1. The van der Waals surface area contributed by atoms with E-state index in [1.54, 1.807) is 19.1 Å². The van der Waals surface area contributed by atoms with E-state index >= 15 is 0 Å². The molecule has 0 radical (unpaired) electrons. The fraction of sp³-hybridized carbons (Fsp3) is 0.435. The number of aryl methyl sites for hydroxylation is 3. The van der Waals surface area contributed by atoms with Crippen LogP contribution in [0, 0.1) is 6.92 Å². The molecule has 3 rings (SSSR count). The van der Waals surface area contributed by atoms with Gasteiger partial charge in [0.05, 0.1) is 6.04 Å². The van der Waals surface area contributed by atoms with E-state index in [1.807, 2.05) is 13.0 Å². The summed E-state index contributed by atoms with van der Waals surface area (Å²) in [6.07, 6.45) is 5.12. The Kier molecular flexibility index (Phi) is 6.43. The third kappa shape index (κ3) is 4.84. The van der Waals surface area contributed by atoms with Crippen molar-refractivity contribution in [1.29, 1.82) is 0 Å². The number of ether oxygens (including phenoxy) is 1. The van der Waals surface area contributed by atoms with Crippen LogP contribution in [0.3, 0.4) is 0 Å². The summed E-state index contributed by atoms with van der Waals surface area (Å²) in [6.45, 7) is 5.79. The lowest BCUT2D eigenvalue weighted by Gasteiger charge is -2.23. The van der Waals surface area contributed by atoms with Gasteiger partial charge in [-0.2, -0.15) is 0 Å². The van der Waals surface area contributed by atoms with Gasteiger partial charge in [0.2, 0.25) is 0 Å². The summed E-state index contributed by atoms with van der Waals surface area (Å²) in [6, 6.07) is 12.1. The minimum Gasteiger partial charge on any atom is -0.481 e. The third-order valence-corrected chi connectivity index (χ3v) is 5.74. The maximum absolute atomic E-state index is 12.7. The first kappa shape index (κ1) is 19.8. The van der Waals surface area contributed by atoms with Crippen molar-refractivity contribution in [3.05, 3.63) is 63.7 Å². The largest absolute Gasteiger partial charge is 0.481 e. The Labute approximate surface area is 167 Å². The van der Waals surface area contributed by atoms with Gasteiger partial charge in [-0.1, -0.05) is 36.7 Å². The molecule has 0 saturated carbocycles. The summed E-state index contributed by atoms with van der Waals surface area (Å²) in [5, 5.41) is 3.84. The van der Waals surface area contributed by atoms with E-state index in [4.69, 9.17) is 16.3 Å². The molecule has 0 bridgehead atoms. The Morgan fingerprint density at radius 1 is 1.15 bits per heavy atom. The van der Waals surface area contributed by atoms with Gasteiger partial charge in [-0.05, 0) is 86.4 Å². The monoisotopic (exact) mass is 385 g/mol. The van der Waals surface area contributed by atoms with Gasteiger partial charge < -0.3 is 10.1 Å². The van der Waals surface area contributed by atoms with Crippen molar-refractivity contribution < 1.29 is 9.53 Å². The molecule has 0 aliphatic heterocycles. The van der Waals surface area contributed by atoms with E-state index in [2.05, 4.69) is 30.4 Å². The smallest absolute Gasteiger partial charge is 0.261 e. The van der Waals surface area contributed by atoms with E-state index < -0.39 is 6.10 Å². The van der Waals surface area contributed by atoms with E-state index in [1.165, 1.54) is 36.0 Å². The van der Waals surface area contributed by atoms with Crippen molar-refractivity contribution >= 4 is 17.5 Å². The number of nitrogens with one attached hydrogen (secondary N) is 1. The molecular weight excluding hydrogens is 358 g/mol. The van der Waals surface area contributed by atoms with Crippen LogP contribution >= 0.6 is 11.6 Å². The van der Waals surface area contributed by atoms with Gasteiger partial charge in [0, 0.05) is 5.02 Å². The summed E-state index contributed by atoms with van der Waals surface area (Å²) < 4.78 is 5.81. The highest BCUT2D eigenvalue weighted by Crippen LogP contribution is 2.26. The van der Waals surface area contributed by atoms with Crippen molar-refractivity contribution in [3.8, 4) is 5.75 Å². The molecule has 2 aromatic carbocycles. The first-order valence-electron chi connectivity index (χ1n) is 9.82. The average molecular weight is 386 g/mol. The van der Waals surface area contributed by atoms with Crippen LogP contribution in [-0.4, -0.2) is 12.0 Å². The predicted octanol–water partition coefficient (Wildman–Crippen LogP) is 5.56. The summed E-state index contributed by atoms with van der Waals surface area (Å²) in [4.78, 5) is 12.7. The molecule has 1 aliphatic rings. The molecule has 4 heteroatoms. The van der Waals surface area contributed by atoms with Crippen LogP contribution in [0.4, 0.5) is 0 Å². The quantitative estimate of drug-likeness (QED) is 0.706. The van der Waals surface area contributed by atoms with Crippen molar-refractivity contribution in [2.45, 2.75) is 65.0 Å². The number of carbonyl (C=O) groups excluding carboxylic acids is 1. The minimum atomic E-state index is -0.572. The zero-order valence-corrected chi connectivity index (χ0v) is 17.1. The average Bonchev–Trinajstić information content (AvgIpc) is 2.68. The molecule has 0 aromatic heterocycles. The Morgan fingerprint density at radius 2 is 1.89 bits per heavy atom. The molecule has 0 unspecified atom stereocenters. The molecule has 1 N–H and O–H groups in total. The lowest BCUT2D eigenvalue weighted by atomic mass is 9.89. The van der Waals surface area contributed by atoms with Crippen molar-refractivity contribution in [3.63, 3.8) is 0 Å². The maximum atomic E-state index is 12.7. The van der Waals surface area contributed by atoms with Crippen LogP contribution in [-0.2, 0) is 17.6 Å². The zero-order chi connectivity index (χ0) is 19.4. The summed E-state index contributed by atoms with van der Waals surface area (Å²) in [7, 11) is 0. The van der Waals surface area contributed by atoms with Crippen LogP contribution in [0.25, 0.3) is 0 Å². The van der Waals surface area contributed by atoms with Gasteiger partial charge in [0.15, 0.2) is 6.10 Å². The topological polar surface area (TPSA) is 38.3 Å². The van der Waals surface area contributed by atoms with Gasteiger partial charge >= 0.3 is 0 Å². The molecule has 0 heterocycles. The maximum Gasteiger partial charge on any atom is 0.261 e. The highest BCUT2D eigenvalue weighted by molar-refractivity contribution is 6.31. The summed E-state index contributed by atoms with van der Waals surface area (Å²) in [5.41, 5.74) is 5.01. The number of benzene rings is 2. The molecule has 0 spiro atoms. The fourth-order valence-corrected chi connectivity index (χ4v) is 3.75. The highest BCUT2D eigenvalue weighted by Gasteiger charge is 2.20. The second-order valence-corrected chi connectivity index (χ2v) is 7.78. The van der Waals surface area contributed by atoms with E-state index in [-0.39, 0.29) is 11.9 Å². The molecule has 1 aliphatic carbocycles. The molecule has 3 nitrogen and oxygen atoms in total. The van der Waals surface area contributed by atoms with Gasteiger partial charge in [0.25, 0.3) is 5.91 Å². The van der Waals surface area contributed by atoms with Gasteiger partial charge in [0.1, 0.15) is 5.75 Å². The molecule has 27 heavy (non-hydrogen) atoms. The van der Waals surface area contributed by atoms with Crippen molar-refractivity contribution in [2.75, 3.05) is 0 Å². The predicted molar refractivity (Wildman–Crippen MR) is 111 cm³/mol. The number of halogens is 1. The zero-order valence-electron chi connectivity index (χ0n) is 16.3. The van der Waals surface area contributed by atoms with Crippen molar-refractivity contribution in [1.82, 2.24) is 5.32 Å². The Hall–Kier alpha value is -2.00. The van der Waals surface area contributed by atoms with Gasteiger partial charge in [-0.3, -0.25) is 4.79 Å². The molecule has 2 atom stereocenters.